The van der Waals surface area contributed by atoms with Crippen molar-refractivity contribution in [2.75, 3.05) is 31.4 Å². The number of Topliss-reactive ketones (excluding diaryl/α,β-unsaturated/α-hetero) is 1. The van der Waals surface area contributed by atoms with E-state index >= 15 is 0 Å². The van der Waals surface area contributed by atoms with E-state index in [1.54, 1.807) is 21.0 Å². The summed E-state index contributed by atoms with van der Waals surface area (Å²) in [6, 6.07) is 13.1. The van der Waals surface area contributed by atoms with E-state index in [-0.39, 0.29) is 30.2 Å². The summed E-state index contributed by atoms with van der Waals surface area (Å²) in [7, 11) is 2.91. The van der Waals surface area contributed by atoms with Gasteiger partial charge in [-0.3, -0.25) is 14.9 Å². The van der Waals surface area contributed by atoms with Crippen molar-refractivity contribution in [1.29, 1.82) is 0 Å². The molecule has 1 aliphatic carbocycles. The van der Waals surface area contributed by atoms with Crippen molar-refractivity contribution >= 4 is 29.2 Å². The van der Waals surface area contributed by atoms with Crippen LogP contribution in [0.4, 0.5) is 16.2 Å². The fraction of sp³-hybridized carbons (Fsp3) is 0.464. The summed E-state index contributed by atoms with van der Waals surface area (Å²) in [5, 5.41) is 8.72. The van der Waals surface area contributed by atoms with Crippen LogP contribution in [0.5, 0.6) is 5.75 Å². The number of rotatable bonds is 9. The Bertz CT molecular complexity index is 1070. The van der Waals surface area contributed by atoms with E-state index in [4.69, 9.17) is 9.47 Å². The van der Waals surface area contributed by atoms with E-state index in [0.29, 0.717) is 23.0 Å². The summed E-state index contributed by atoms with van der Waals surface area (Å²) in [6.07, 6.45) is 3.50. The van der Waals surface area contributed by atoms with Crippen LogP contribution in [0.25, 0.3) is 0 Å². The zero-order valence-electron chi connectivity index (χ0n) is 21.8. The molecule has 0 atom stereocenters. The Kier molecular flexibility index (Phi) is 9.09. The molecule has 1 aliphatic rings. The number of esters is 1. The van der Waals surface area contributed by atoms with Gasteiger partial charge in [0.05, 0.1) is 26.5 Å². The fourth-order valence-corrected chi connectivity index (χ4v) is 4.57. The van der Waals surface area contributed by atoms with E-state index in [0.717, 1.165) is 31.2 Å². The first-order valence-electron chi connectivity index (χ1n) is 12.3. The lowest BCUT2D eigenvalue weighted by molar-refractivity contribution is -0.147. The average Bonchev–Trinajstić information content (AvgIpc) is 2.87. The molecule has 3 rings (SSSR count). The molecule has 0 unspecified atom stereocenters. The fourth-order valence-electron chi connectivity index (χ4n) is 4.57. The predicted octanol–water partition coefficient (Wildman–Crippen LogP) is 5.03. The number of benzene rings is 2. The van der Waals surface area contributed by atoms with Gasteiger partial charge in [0, 0.05) is 11.6 Å². The van der Waals surface area contributed by atoms with E-state index in [1.807, 2.05) is 49.4 Å². The van der Waals surface area contributed by atoms with Crippen LogP contribution in [0, 0.1) is 12.8 Å². The lowest BCUT2D eigenvalue weighted by Crippen LogP contribution is -2.50. The Morgan fingerprint density at radius 2 is 1.61 bits per heavy atom. The number of hydrogen-bond acceptors (Lipinski definition) is 6. The van der Waals surface area contributed by atoms with Gasteiger partial charge < -0.3 is 20.1 Å². The Hall–Kier alpha value is -3.39. The third-order valence-corrected chi connectivity index (χ3v) is 6.83. The minimum Gasteiger partial charge on any atom is -0.495 e. The van der Waals surface area contributed by atoms with Crippen molar-refractivity contribution in [1.82, 2.24) is 5.32 Å². The number of urea groups is 1. The van der Waals surface area contributed by atoms with Gasteiger partial charge in [-0.2, -0.15) is 0 Å². The van der Waals surface area contributed by atoms with Crippen molar-refractivity contribution in [2.24, 2.45) is 5.92 Å². The molecule has 2 aromatic carbocycles. The van der Waals surface area contributed by atoms with Gasteiger partial charge >= 0.3 is 12.0 Å². The summed E-state index contributed by atoms with van der Waals surface area (Å²) in [4.78, 5) is 36.9. The minimum atomic E-state index is -0.888. The third kappa shape index (κ3) is 7.07. The molecule has 2 aromatic rings. The maximum absolute atomic E-state index is 12.7. The second-order valence-electron chi connectivity index (χ2n) is 9.89. The standard InChI is InChI=1S/C28H37N3O5/c1-18-6-15-25(35-4)23(16-18)31-27(34)30-22-13-11-20(12-14-22)19-7-9-21(10-8-19)24(32)17-29-28(2,3)26(33)36-5/h6,11-16,19,21,29H,7-10,17H2,1-5H3,(H2,30,31,34)/t19-,21-. The van der Waals surface area contributed by atoms with Crippen LogP contribution in [0.3, 0.4) is 0 Å². The summed E-state index contributed by atoms with van der Waals surface area (Å²) >= 11 is 0. The molecule has 3 N–H and O–H groups in total. The Morgan fingerprint density at radius 1 is 0.944 bits per heavy atom. The van der Waals surface area contributed by atoms with Crippen LogP contribution < -0.4 is 20.7 Å². The van der Waals surface area contributed by atoms with Gasteiger partial charge in [0.25, 0.3) is 0 Å². The van der Waals surface area contributed by atoms with Crippen LogP contribution in [0.15, 0.2) is 42.5 Å². The molecule has 0 aromatic heterocycles. The molecule has 0 spiro atoms. The molecule has 36 heavy (non-hydrogen) atoms. The van der Waals surface area contributed by atoms with Gasteiger partial charge in [-0.25, -0.2) is 4.79 Å². The van der Waals surface area contributed by atoms with Crippen LogP contribution in [-0.2, 0) is 14.3 Å². The SMILES string of the molecule is COC(=O)C(C)(C)NCC(=O)[C@H]1CC[C@H](c2ccc(NC(=O)Nc3cc(C)ccc3OC)cc2)CC1. The number of anilines is 2. The third-order valence-electron chi connectivity index (χ3n) is 6.83. The lowest BCUT2D eigenvalue weighted by atomic mass is 9.77. The maximum Gasteiger partial charge on any atom is 0.325 e. The highest BCUT2D eigenvalue weighted by Gasteiger charge is 2.31. The Labute approximate surface area is 213 Å². The number of aryl methyl sites for hydroxylation is 1. The van der Waals surface area contributed by atoms with Crippen molar-refractivity contribution in [3.8, 4) is 5.75 Å². The number of nitrogens with one attached hydrogen (secondary N) is 3. The molecular formula is C28H37N3O5. The van der Waals surface area contributed by atoms with Gasteiger partial charge in [0.1, 0.15) is 17.1 Å². The van der Waals surface area contributed by atoms with Crippen LogP contribution in [0.1, 0.15) is 56.6 Å². The molecule has 0 bridgehead atoms. The number of ketones is 1. The average molecular weight is 496 g/mol. The van der Waals surface area contributed by atoms with Crippen molar-refractivity contribution in [3.63, 3.8) is 0 Å². The first-order chi connectivity index (χ1) is 17.1. The molecule has 194 valence electrons. The molecule has 0 heterocycles. The predicted molar refractivity (Wildman–Crippen MR) is 141 cm³/mol. The van der Waals surface area contributed by atoms with Crippen molar-refractivity contribution in [3.05, 3.63) is 53.6 Å². The highest BCUT2D eigenvalue weighted by molar-refractivity contribution is 6.00. The van der Waals surface area contributed by atoms with Gasteiger partial charge in [0.2, 0.25) is 0 Å². The molecule has 2 amide bonds. The van der Waals surface area contributed by atoms with Gasteiger partial charge in [-0.15, -0.1) is 0 Å². The van der Waals surface area contributed by atoms with Crippen molar-refractivity contribution in [2.45, 2.75) is 57.9 Å². The largest absolute Gasteiger partial charge is 0.495 e. The summed E-state index contributed by atoms with van der Waals surface area (Å²) in [5.41, 5.74) is 2.65. The highest BCUT2D eigenvalue weighted by atomic mass is 16.5. The summed E-state index contributed by atoms with van der Waals surface area (Å²) in [6.45, 7) is 5.54. The summed E-state index contributed by atoms with van der Waals surface area (Å²) < 4.78 is 10.1. The number of amides is 2. The maximum atomic E-state index is 12.7. The first kappa shape index (κ1) is 27.2. The number of hydrogen-bond donors (Lipinski definition) is 3. The van der Waals surface area contributed by atoms with E-state index in [2.05, 4.69) is 16.0 Å². The number of ether oxygens (including phenoxy) is 2. The molecule has 0 saturated heterocycles. The minimum absolute atomic E-state index is 0.00504. The lowest BCUT2D eigenvalue weighted by Gasteiger charge is -2.29. The molecule has 1 fully saturated rings. The zero-order chi connectivity index (χ0) is 26.3. The van der Waals surface area contributed by atoms with Gasteiger partial charge in [0.15, 0.2) is 0 Å². The molecule has 0 aliphatic heterocycles. The molecule has 1 saturated carbocycles. The Morgan fingerprint density at radius 3 is 2.22 bits per heavy atom. The van der Waals surface area contributed by atoms with Crippen molar-refractivity contribution < 1.29 is 23.9 Å². The molecule has 8 nitrogen and oxygen atoms in total. The van der Waals surface area contributed by atoms with E-state index in [9.17, 15) is 14.4 Å². The van der Waals surface area contributed by atoms with Crippen LogP contribution in [0.2, 0.25) is 0 Å². The quantitative estimate of drug-likeness (QED) is 0.421. The second kappa shape index (κ2) is 12.0. The monoisotopic (exact) mass is 495 g/mol. The summed E-state index contributed by atoms with van der Waals surface area (Å²) in [5.74, 6) is 0.743. The van der Waals surface area contributed by atoms with Gasteiger partial charge in [-0.05, 0) is 87.8 Å². The zero-order valence-corrected chi connectivity index (χ0v) is 21.8. The highest BCUT2D eigenvalue weighted by Crippen LogP contribution is 2.36. The van der Waals surface area contributed by atoms with E-state index in [1.165, 1.54) is 12.7 Å². The van der Waals surface area contributed by atoms with E-state index < -0.39 is 5.54 Å². The Balaban J connectivity index is 1.48. The van der Waals surface area contributed by atoms with Crippen LogP contribution in [-0.4, -0.2) is 44.1 Å². The number of methoxy groups -OCH3 is 2. The van der Waals surface area contributed by atoms with Gasteiger partial charge in [-0.1, -0.05) is 18.2 Å². The molecular weight excluding hydrogens is 458 g/mol. The first-order valence-corrected chi connectivity index (χ1v) is 12.3. The van der Waals surface area contributed by atoms with Crippen LogP contribution >= 0.6 is 0 Å². The molecule has 0 radical (unpaired) electrons. The smallest absolute Gasteiger partial charge is 0.325 e. The molecule has 8 heteroatoms. The topological polar surface area (TPSA) is 106 Å². The number of carbonyl (C=O) groups excluding carboxylic acids is 3. The number of carbonyl (C=O) groups is 3. The second-order valence-corrected chi connectivity index (χ2v) is 9.89. The normalized spacial score (nSPS) is 17.7.